The van der Waals surface area contributed by atoms with Crippen molar-refractivity contribution in [1.29, 1.82) is 0 Å². The van der Waals surface area contributed by atoms with Gasteiger partial charge in [-0.2, -0.15) is 0 Å². The second kappa shape index (κ2) is 6.90. The molecule has 2 aromatic rings. The Morgan fingerprint density at radius 1 is 1.08 bits per heavy atom. The summed E-state index contributed by atoms with van der Waals surface area (Å²) in [5.41, 5.74) is 13.3. The summed E-state index contributed by atoms with van der Waals surface area (Å²) in [4.78, 5) is 32.2. The fraction of sp³-hybridized carbons (Fsp3) is 0.278. The van der Waals surface area contributed by atoms with Gasteiger partial charge in [0.15, 0.2) is 0 Å². The molecule has 4 N–H and O–H groups in total. The van der Waals surface area contributed by atoms with Crippen LogP contribution < -0.4 is 11.5 Å². The van der Waals surface area contributed by atoms with Crippen molar-refractivity contribution in [3.05, 3.63) is 47.7 Å². The highest BCUT2D eigenvalue weighted by molar-refractivity contribution is 5.99. The van der Waals surface area contributed by atoms with Crippen LogP contribution in [0.3, 0.4) is 0 Å². The van der Waals surface area contributed by atoms with E-state index >= 15 is 0 Å². The second-order valence-electron chi connectivity index (χ2n) is 6.20. The Balaban J connectivity index is 1.88. The third kappa shape index (κ3) is 3.61. The molecular weight excluding hydrogens is 318 g/mol. The molecule has 1 aliphatic heterocycles. The van der Waals surface area contributed by atoms with Gasteiger partial charge in [0.1, 0.15) is 5.82 Å². The summed E-state index contributed by atoms with van der Waals surface area (Å²) in [6, 6.07) is 8.88. The molecule has 130 valence electrons. The van der Waals surface area contributed by atoms with E-state index in [1.165, 1.54) is 0 Å². The summed E-state index contributed by atoms with van der Waals surface area (Å²) >= 11 is 0. The number of rotatable bonds is 3. The van der Waals surface area contributed by atoms with E-state index in [0.717, 1.165) is 31.7 Å². The molecule has 0 unspecified atom stereocenters. The van der Waals surface area contributed by atoms with E-state index in [2.05, 4.69) is 9.88 Å². The van der Waals surface area contributed by atoms with Gasteiger partial charge in [-0.25, -0.2) is 4.98 Å². The third-order valence-electron chi connectivity index (χ3n) is 4.42. The molecule has 0 saturated carbocycles. The number of carbonyl (C=O) groups excluding carboxylic acids is 2. The smallest absolute Gasteiger partial charge is 0.253 e. The number of amides is 2. The molecule has 7 nitrogen and oxygen atoms in total. The lowest BCUT2D eigenvalue weighted by Crippen LogP contribution is -2.47. The molecule has 7 heteroatoms. The number of carbonyl (C=O) groups is 2. The molecule has 1 saturated heterocycles. The topological polar surface area (TPSA) is 106 Å². The van der Waals surface area contributed by atoms with Gasteiger partial charge in [0, 0.05) is 43.5 Å². The average Bonchev–Trinajstić information content (AvgIpc) is 2.62. The SMILES string of the molecule is CN1CCN(C(=O)c2cccc(-c3cnc(N)c(C(N)=O)c3)c2)CC1. The molecule has 2 amide bonds. The van der Waals surface area contributed by atoms with Crippen LogP contribution in [0.15, 0.2) is 36.5 Å². The predicted molar refractivity (Wildman–Crippen MR) is 96.0 cm³/mol. The molecule has 3 rings (SSSR count). The van der Waals surface area contributed by atoms with Crippen LogP contribution in [0.2, 0.25) is 0 Å². The number of hydrogen-bond acceptors (Lipinski definition) is 5. The molecule has 1 aliphatic rings. The summed E-state index contributed by atoms with van der Waals surface area (Å²) in [7, 11) is 2.05. The van der Waals surface area contributed by atoms with Crippen LogP contribution >= 0.6 is 0 Å². The summed E-state index contributed by atoms with van der Waals surface area (Å²) < 4.78 is 0. The first kappa shape index (κ1) is 16.9. The van der Waals surface area contributed by atoms with Crippen molar-refractivity contribution in [3.63, 3.8) is 0 Å². The maximum absolute atomic E-state index is 12.7. The molecule has 0 radical (unpaired) electrons. The Morgan fingerprint density at radius 3 is 2.48 bits per heavy atom. The van der Waals surface area contributed by atoms with Gasteiger partial charge < -0.3 is 21.3 Å². The fourth-order valence-electron chi connectivity index (χ4n) is 2.85. The first-order chi connectivity index (χ1) is 12.0. The second-order valence-corrected chi connectivity index (χ2v) is 6.20. The van der Waals surface area contributed by atoms with E-state index in [0.29, 0.717) is 11.1 Å². The monoisotopic (exact) mass is 339 g/mol. The number of benzene rings is 1. The lowest BCUT2D eigenvalue weighted by atomic mass is 10.0. The molecule has 1 fully saturated rings. The van der Waals surface area contributed by atoms with Crippen molar-refractivity contribution < 1.29 is 9.59 Å². The van der Waals surface area contributed by atoms with Crippen LogP contribution in [0.1, 0.15) is 20.7 Å². The van der Waals surface area contributed by atoms with Gasteiger partial charge in [-0.15, -0.1) is 0 Å². The van der Waals surface area contributed by atoms with Gasteiger partial charge in [0.2, 0.25) is 0 Å². The number of primary amides is 1. The van der Waals surface area contributed by atoms with Gasteiger partial charge >= 0.3 is 0 Å². The number of piperazine rings is 1. The maximum Gasteiger partial charge on any atom is 0.253 e. The first-order valence-electron chi connectivity index (χ1n) is 8.09. The number of anilines is 1. The number of aromatic nitrogens is 1. The largest absolute Gasteiger partial charge is 0.383 e. The number of nitrogen functional groups attached to an aromatic ring is 1. The van der Waals surface area contributed by atoms with Crippen molar-refractivity contribution in [1.82, 2.24) is 14.8 Å². The summed E-state index contributed by atoms with van der Waals surface area (Å²) in [6.07, 6.45) is 1.57. The predicted octanol–water partition coefficient (Wildman–Crippen LogP) is 0.817. The number of nitrogens with zero attached hydrogens (tertiary/aromatic N) is 3. The zero-order chi connectivity index (χ0) is 18.0. The molecular formula is C18H21N5O2. The number of likely N-dealkylation sites (N-methyl/N-ethyl adjacent to an activating group) is 1. The normalized spacial score (nSPS) is 15.2. The van der Waals surface area contributed by atoms with Crippen molar-refractivity contribution in [3.8, 4) is 11.1 Å². The molecule has 0 atom stereocenters. The molecule has 0 spiro atoms. The third-order valence-corrected chi connectivity index (χ3v) is 4.42. The highest BCUT2D eigenvalue weighted by Gasteiger charge is 2.20. The highest BCUT2D eigenvalue weighted by atomic mass is 16.2. The van der Waals surface area contributed by atoms with Gasteiger partial charge in [-0.3, -0.25) is 9.59 Å². The van der Waals surface area contributed by atoms with E-state index in [9.17, 15) is 9.59 Å². The van der Waals surface area contributed by atoms with Gasteiger partial charge in [0.05, 0.1) is 5.56 Å². The van der Waals surface area contributed by atoms with Crippen LogP contribution in [-0.4, -0.2) is 59.8 Å². The lowest BCUT2D eigenvalue weighted by molar-refractivity contribution is 0.0664. The quantitative estimate of drug-likeness (QED) is 0.861. The average molecular weight is 339 g/mol. The zero-order valence-corrected chi connectivity index (χ0v) is 14.1. The Labute approximate surface area is 146 Å². The Hall–Kier alpha value is -2.93. The minimum Gasteiger partial charge on any atom is -0.383 e. The van der Waals surface area contributed by atoms with Crippen LogP contribution in [0.4, 0.5) is 5.82 Å². The van der Waals surface area contributed by atoms with Crippen LogP contribution in [0.5, 0.6) is 0 Å². The van der Waals surface area contributed by atoms with Crippen molar-refractivity contribution in [2.45, 2.75) is 0 Å². The summed E-state index contributed by atoms with van der Waals surface area (Å²) in [5, 5.41) is 0. The van der Waals surface area contributed by atoms with Crippen LogP contribution in [0.25, 0.3) is 11.1 Å². The van der Waals surface area contributed by atoms with Crippen molar-refractivity contribution >= 4 is 17.6 Å². The molecule has 2 heterocycles. The first-order valence-corrected chi connectivity index (χ1v) is 8.09. The number of pyridine rings is 1. The Morgan fingerprint density at radius 2 is 1.80 bits per heavy atom. The Bertz CT molecular complexity index is 813. The molecule has 1 aromatic heterocycles. The van der Waals surface area contributed by atoms with Gasteiger partial charge in [-0.05, 0) is 30.8 Å². The number of hydrogen-bond donors (Lipinski definition) is 2. The van der Waals surface area contributed by atoms with E-state index < -0.39 is 5.91 Å². The van der Waals surface area contributed by atoms with Gasteiger partial charge in [0.25, 0.3) is 11.8 Å². The van der Waals surface area contributed by atoms with E-state index in [1.807, 2.05) is 24.1 Å². The minimum absolute atomic E-state index is 0.00785. The van der Waals surface area contributed by atoms with E-state index in [1.54, 1.807) is 24.4 Å². The standard InChI is InChI=1S/C18H21N5O2/c1-22-5-7-23(8-6-22)18(25)13-4-2-3-12(9-13)14-10-15(17(20)24)16(19)21-11-14/h2-4,9-11H,5-8H2,1H3,(H2,19,21)(H2,20,24). The highest BCUT2D eigenvalue weighted by Crippen LogP contribution is 2.23. The van der Waals surface area contributed by atoms with Gasteiger partial charge in [-0.1, -0.05) is 12.1 Å². The lowest BCUT2D eigenvalue weighted by Gasteiger charge is -2.32. The summed E-state index contributed by atoms with van der Waals surface area (Å²) in [6.45, 7) is 3.17. The molecule has 25 heavy (non-hydrogen) atoms. The molecule has 0 aliphatic carbocycles. The van der Waals surface area contributed by atoms with Crippen molar-refractivity contribution in [2.24, 2.45) is 5.73 Å². The molecule has 0 bridgehead atoms. The number of nitrogens with two attached hydrogens (primary N) is 2. The fourth-order valence-corrected chi connectivity index (χ4v) is 2.85. The van der Waals surface area contributed by atoms with Crippen LogP contribution in [-0.2, 0) is 0 Å². The summed E-state index contributed by atoms with van der Waals surface area (Å²) in [5.74, 6) is -0.522. The minimum atomic E-state index is -0.628. The zero-order valence-electron chi connectivity index (χ0n) is 14.1. The Kier molecular flexibility index (Phi) is 4.67. The maximum atomic E-state index is 12.7. The van der Waals surface area contributed by atoms with Crippen LogP contribution in [0, 0.1) is 0 Å². The van der Waals surface area contributed by atoms with E-state index in [-0.39, 0.29) is 17.3 Å². The molecule has 1 aromatic carbocycles. The van der Waals surface area contributed by atoms with Crippen molar-refractivity contribution in [2.75, 3.05) is 39.0 Å². The van der Waals surface area contributed by atoms with E-state index in [4.69, 9.17) is 11.5 Å².